The molecule has 0 saturated heterocycles. The van der Waals surface area contributed by atoms with Gasteiger partial charge in [-0.25, -0.2) is 0 Å². The SMILES string of the molecule is O=C(/C=C/c1cccc2cccnc12)NCc1ccc(OC(F)(F)F)cc1. The molecule has 0 aliphatic rings. The predicted molar refractivity (Wildman–Crippen MR) is 95.7 cm³/mol. The van der Waals surface area contributed by atoms with Crippen molar-refractivity contribution in [3.8, 4) is 5.75 Å². The van der Waals surface area contributed by atoms with Crippen molar-refractivity contribution in [3.05, 3.63) is 78.0 Å². The topological polar surface area (TPSA) is 51.2 Å². The lowest BCUT2D eigenvalue weighted by atomic mass is 10.1. The second-order valence-electron chi connectivity index (χ2n) is 5.67. The first kappa shape index (κ1) is 18.4. The number of ether oxygens (including phenoxy) is 1. The second-order valence-corrected chi connectivity index (χ2v) is 5.67. The molecule has 0 bridgehead atoms. The Morgan fingerprint density at radius 3 is 2.56 bits per heavy atom. The summed E-state index contributed by atoms with van der Waals surface area (Å²) in [6.07, 6.45) is 0.0262. The van der Waals surface area contributed by atoms with Crippen LogP contribution >= 0.6 is 0 Å². The average Bonchev–Trinajstić information content (AvgIpc) is 2.64. The first-order chi connectivity index (χ1) is 12.9. The fraction of sp³-hybridized carbons (Fsp3) is 0.100. The minimum Gasteiger partial charge on any atom is -0.406 e. The zero-order chi connectivity index (χ0) is 19.3. The number of nitrogens with one attached hydrogen (secondary N) is 1. The molecule has 0 atom stereocenters. The van der Waals surface area contributed by atoms with Crippen LogP contribution in [-0.2, 0) is 11.3 Å². The highest BCUT2D eigenvalue weighted by Gasteiger charge is 2.30. The molecule has 27 heavy (non-hydrogen) atoms. The number of fused-ring (bicyclic) bond motifs is 1. The smallest absolute Gasteiger partial charge is 0.406 e. The molecule has 0 radical (unpaired) electrons. The van der Waals surface area contributed by atoms with Crippen LogP contribution in [0, 0.1) is 0 Å². The number of aromatic nitrogens is 1. The Balaban J connectivity index is 1.58. The third-order valence-electron chi connectivity index (χ3n) is 3.70. The Kier molecular flexibility index (Phi) is 5.40. The average molecular weight is 372 g/mol. The maximum atomic E-state index is 12.1. The molecule has 2 aromatic carbocycles. The summed E-state index contributed by atoms with van der Waals surface area (Å²) in [6.45, 7) is 0.184. The van der Waals surface area contributed by atoms with Crippen molar-refractivity contribution >= 4 is 22.9 Å². The molecule has 3 rings (SSSR count). The van der Waals surface area contributed by atoms with E-state index in [2.05, 4.69) is 15.0 Å². The molecule has 3 aromatic rings. The van der Waals surface area contributed by atoms with Crippen molar-refractivity contribution in [2.45, 2.75) is 12.9 Å². The summed E-state index contributed by atoms with van der Waals surface area (Å²) < 4.78 is 40.2. The molecule has 0 aliphatic carbocycles. The van der Waals surface area contributed by atoms with Gasteiger partial charge >= 0.3 is 6.36 Å². The van der Waals surface area contributed by atoms with Gasteiger partial charge in [0.15, 0.2) is 0 Å². The molecule has 1 aromatic heterocycles. The van der Waals surface area contributed by atoms with E-state index in [0.29, 0.717) is 5.56 Å². The Hall–Kier alpha value is -3.35. The summed E-state index contributed by atoms with van der Waals surface area (Å²) in [5.74, 6) is -0.625. The van der Waals surface area contributed by atoms with Crippen LogP contribution in [0.4, 0.5) is 13.2 Å². The fourth-order valence-electron chi connectivity index (χ4n) is 2.48. The number of alkyl halides is 3. The number of hydrogen-bond donors (Lipinski definition) is 1. The number of pyridine rings is 1. The van der Waals surface area contributed by atoms with Crippen molar-refractivity contribution < 1.29 is 22.7 Å². The lowest BCUT2D eigenvalue weighted by Crippen LogP contribution is -2.20. The standard InChI is InChI=1S/C20H15F3N2O2/c21-20(22,23)27-17-9-6-14(7-10-17)13-25-18(26)11-8-16-4-1-3-15-5-2-12-24-19(15)16/h1-12H,13H2,(H,25,26)/b11-8+. The first-order valence-corrected chi connectivity index (χ1v) is 8.05. The first-order valence-electron chi connectivity index (χ1n) is 8.05. The number of para-hydroxylation sites is 1. The van der Waals surface area contributed by atoms with Gasteiger partial charge in [-0.2, -0.15) is 0 Å². The van der Waals surface area contributed by atoms with E-state index < -0.39 is 6.36 Å². The number of benzene rings is 2. The molecule has 0 saturated carbocycles. The summed E-state index contributed by atoms with van der Waals surface area (Å²) in [5, 5.41) is 3.65. The van der Waals surface area contributed by atoms with Gasteiger partial charge in [0, 0.05) is 29.8 Å². The summed E-state index contributed by atoms with van der Waals surface area (Å²) in [6, 6.07) is 14.8. The molecule has 138 valence electrons. The Morgan fingerprint density at radius 2 is 1.81 bits per heavy atom. The van der Waals surface area contributed by atoms with Crippen molar-refractivity contribution in [2.24, 2.45) is 0 Å². The number of halogens is 3. The van der Waals surface area contributed by atoms with Gasteiger partial charge in [-0.15, -0.1) is 13.2 Å². The third-order valence-corrected chi connectivity index (χ3v) is 3.70. The predicted octanol–water partition coefficient (Wildman–Crippen LogP) is 4.46. The van der Waals surface area contributed by atoms with Crippen LogP contribution in [-0.4, -0.2) is 17.3 Å². The summed E-state index contributed by atoms with van der Waals surface area (Å²) in [7, 11) is 0. The zero-order valence-electron chi connectivity index (χ0n) is 14.0. The summed E-state index contributed by atoms with van der Waals surface area (Å²) in [5.41, 5.74) is 2.26. The normalized spacial score (nSPS) is 11.7. The van der Waals surface area contributed by atoms with Crippen LogP contribution in [0.1, 0.15) is 11.1 Å². The van der Waals surface area contributed by atoms with Gasteiger partial charge in [0.2, 0.25) is 5.91 Å². The van der Waals surface area contributed by atoms with Gasteiger partial charge < -0.3 is 10.1 Å². The number of rotatable bonds is 5. The van der Waals surface area contributed by atoms with E-state index in [-0.39, 0.29) is 18.2 Å². The number of carbonyl (C=O) groups is 1. The molecular weight excluding hydrogens is 357 g/mol. The fourth-order valence-corrected chi connectivity index (χ4v) is 2.48. The van der Waals surface area contributed by atoms with E-state index in [9.17, 15) is 18.0 Å². The quantitative estimate of drug-likeness (QED) is 0.673. The number of hydrogen-bond acceptors (Lipinski definition) is 3. The molecule has 7 heteroatoms. The molecule has 0 spiro atoms. The van der Waals surface area contributed by atoms with Crippen LogP contribution in [0.2, 0.25) is 0 Å². The number of amides is 1. The number of nitrogens with zero attached hydrogens (tertiary/aromatic N) is 1. The third kappa shape index (κ3) is 5.31. The van der Waals surface area contributed by atoms with E-state index in [1.807, 2.05) is 30.3 Å². The van der Waals surface area contributed by atoms with Gasteiger partial charge in [0.25, 0.3) is 0 Å². The molecule has 0 unspecified atom stereocenters. The van der Waals surface area contributed by atoms with Crippen molar-refractivity contribution in [2.75, 3.05) is 0 Å². The second kappa shape index (κ2) is 7.90. The van der Waals surface area contributed by atoms with Gasteiger partial charge in [0.05, 0.1) is 5.52 Å². The van der Waals surface area contributed by atoms with Crippen molar-refractivity contribution in [3.63, 3.8) is 0 Å². The van der Waals surface area contributed by atoms with Gasteiger partial charge in [-0.3, -0.25) is 9.78 Å². The Labute approximate surface area is 153 Å². The van der Waals surface area contributed by atoms with Crippen LogP contribution in [0.3, 0.4) is 0 Å². The summed E-state index contributed by atoms with van der Waals surface area (Å²) >= 11 is 0. The minimum atomic E-state index is -4.73. The molecule has 1 amide bonds. The molecule has 1 N–H and O–H groups in total. The largest absolute Gasteiger partial charge is 0.573 e. The minimum absolute atomic E-state index is 0.184. The van der Waals surface area contributed by atoms with E-state index in [4.69, 9.17) is 0 Å². The number of carbonyl (C=O) groups excluding carboxylic acids is 1. The highest BCUT2D eigenvalue weighted by Crippen LogP contribution is 2.22. The lowest BCUT2D eigenvalue weighted by molar-refractivity contribution is -0.274. The maximum absolute atomic E-state index is 12.1. The molecule has 0 fully saturated rings. The molecule has 4 nitrogen and oxygen atoms in total. The molecular formula is C20H15F3N2O2. The van der Waals surface area contributed by atoms with E-state index >= 15 is 0 Å². The zero-order valence-corrected chi connectivity index (χ0v) is 14.0. The summed E-state index contributed by atoms with van der Waals surface area (Å²) in [4.78, 5) is 16.3. The van der Waals surface area contributed by atoms with Gasteiger partial charge in [-0.1, -0.05) is 36.4 Å². The highest BCUT2D eigenvalue weighted by molar-refractivity contribution is 5.95. The van der Waals surface area contributed by atoms with Crippen LogP contribution in [0.25, 0.3) is 17.0 Å². The highest BCUT2D eigenvalue weighted by atomic mass is 19.4. The Bertz CT molecular complexity index is 962. The van der Waals surface area contributed by atoms with Crippen LogP contribution in [0.5, 0.6) is 5.75 Å². The van der Waals surface area contributed by atoms with Crippen molar-refractivity contribution in [1.29, 1.82) is 0 Å². The maximum Gasteiger partial charge on any atom is 0.573 e. The van der Waals surface area contributed by atoms with Gasteiger partial charge in [-0.05, 0) is 29.8 Å². The van der Waals surface area contributed by atoms with Crippen molar-refractivity contribution in [1.82, 2.24) is 10.3 Å². The lowest BCUT2D eigenvalue weighted by Gasteiger charge is -2.09. The Morgan fingerprint density at radius 1 is 1.07 bits per heavy atom. The molecule has 0 aliphatic heterocycles. The monoisotopic (exact) mass is 372 g/mol. The van der Waals surface area contributed by atoms with Crippen LogP contribution < -0.4 is 10.1 Å². The van der Waals surface area contributed by atoms with E-state index in [1.165, 1.54) is 30.3 Å². The van der Waals surface area contributed by atoms with E-state index in [1.54, 1.807) is 12.3 Å². The van der Waals surface area contributed by atoms with E-state index in [0.717, 1.165) is 16.5 Å². The van der Waals surface area contributed by atoms with Crippen LogP contribution in [0.15, 0.2) is 66.9 Å². The van der Waals surface area contributed by atoms with Gasteiger partial charge in [0.1, 0.15) is 5.75 Å². The molecule has 1 heterocycles.